The summed E-state index contributed by atoms with van der Waals surface area (Å²) in [7, 11) is 0. The first-order valence-electron chi connectivity index (χ1n) is 15.4. The van der Waals surface area contributed by atoms with E-state index in [9.17, 15) is 9.90 Å². The van der Waals surface area contributed by atoms with E-state index in [1.807, 2.05) is 0 Å². The fourth-order valence-corrected chi connectivity index (χ4v) is 7.70. The highest BCUT2D eigenvalue weighted by Crippen LogP contribution is 2.46. The molecule has 2 aromatic carbocycles. The number of carbonyl (C=O) groups is 1. The zero-order valence-electron chi connectivity index (χ0n) is 23.9. The van der Waals surface area contributed by atoms with Crippen molar-refractivity contribution in [2.24, 2.45) is 5.92 Å². The molecule has 1 aliphatic carbocycles. The van der Waals surface area contributed by atoms with E-state index >= 15 is 0 Å². The van der Waals surface area contributed by atoms with E-state index in [4.69, 9.17) is 5.10 Å². The molecule has 212 valence electrons. The largest absolute Gasteiger partial charge is 0.481 e. The maximum absolute atomic E-state index is 11.8. The van der Waals surface area contributed by atoms with Gasteiger partial charge in [-0.3, -0.25) is 14.4 Å². The third kappa shape index (κ3) is 5.75. The first-order chi connectivity index (χ1) is 19.5. The lowest BCUT2D eigenvalue weighted by molar-refractivity contribution is -0.142. The topological polar surface area (TPSA) is 61.6 Å². The first-order valence-corrected chi connectivity index (χ1v) is 15.4. The predicted octanol–water partition coefficient (Wildman–Crippen LogP) is 5.79. The molecular formula is C34H44N4O2. The Morgan fingerprint density at radius 2 is 1.70 bits per heavy atom. The van der Waals surface area contributed by atoms with Gasteiger partial charge in [-0.15, -0.1) is 0 Å². The van der Waals surface area contributed by atoms with Gasteiger partial charge in [-0.2, -0.15) is 5.10 Å². The molecule has 6 rings (SSSR count). The number of benzene rings is 2. The van der Waals surface area contributed by atoms with Crippen molar-refractivity contribution in [2.45, 2.75) is 75.8 Å². The van der Waals surface area contributed by atoms with Crippen molar-refractivity contribution in [1.82, 2.24) is 19.6 Å². The molecule has 1 saturated carbocycles. The number of carboxylic acids is 1. The average Bonchev–Trinajstić information content (AvgIpc) is 3.56. The Labute approximate surface area is 239 Å². The molecular weight excluding hydrogens is 496 g/mol. The molecule has 6 heteroatoms. The van der Waals surface area contributed by atoms with Crippen molar-refractivity contribution in [3.05, 3.63) is 89.2 Å². The summed E-state index contributed by atoms with van der Waals surface area (Å²) in [4.78, 5) is 17.0. The van der Waals surface area contributed by atoms with E-state index in [2.05, 4.69) is 88.1 Å². The molecule has 2 atom stereocenters. The maximum Gasteiger partial charge on any atom is 0.305 e. The van der Waals surface area contributed by atoms with Crippen LogP contribution in [0.4, 0.5) is 0 Å². The summed E-state index contributed by atoms with van der Waals surface area (Å²) in [6.45, 7) is 8.44. The molecule has 0 bridgehead atoms. The van der Waals surface area contributed by atoms with Crippen LogP contribution in [-0.4, -0.2) is 68.9 Å². The number of likely N-dealkylation sites (tertiary alicyclic amines) is 2. The van der Waals surface area contributed by atoms with Gasteiger partial charge in [0.05, 0.1) is 12.1 Å². The average molecular weight is 541 g/mol. The summed E-state index contributed by atoms with van der Waals surface area (Å²) in [5.41, 5.74) is 5.18. The van der Waals surface area contributed by atoms with Crippen LogP contribution < -0.4 is 0 Å². The van der Waals surface area contributed by atoms with Gasteiger partial charge in [-0.05, 0) is 75.2 Å². The van der Waals surface area contributed by atoms with Gasteiger partial charge in [0.1, 0.15) is 0 Å². The molecule has 3 fully saturated rings. The normalized spacial score (nSPS) is 23.7. The molecule has 1 aromatic heterocycles. The minimum Gasteiger partial charge on any atom is -0.481 e. The van der Waals surface area contributed by atoms with Gasteiger partial charge in [-0.25, -0.2) is 0 Å². The summed E-state index contributed by atoms with van der Waals surface area (Å²) >= 11 is 0. The third-order valence-electron chi connectivity index (χ3n) is 9.99. The molecule has 0 radical (unpaired) electrons. The summed E-state index contributed by atoms with van der Waals surface area (Å²) in [6, 6.07) is 24.0. The molecule has 2 aliphatic heterocycles. The Bertz CT molecular complexity index is 1260. The number of aryl methyl sites for hydroxylation is 1. The van der Waals surface area contributed by atoms with Crippen molar-refractivity contribution in [3.63, 3.8) is 0 Å². The van der Waals surface area contributed by atoms with E-state index in [1.165, 1.54) is 35.4 Å². The van der Waals surface area contributed by atoms with Crippen LogP contribution in [0.3, 0.4) is 0 Å². The van der Waals surface area contributed by atoms with Gasteiger partial charge in [-0.1, -0.05) is 60.7 Å². The van der Waals surface area contributed by atoms with Gasteiger partial charge in [0.25, 0.3) is 0 Å². The Morgan fingerprint density at radius 3 is 2.33 bits per heavy atom. The number of hydrogen-bond acceptors (Lipinski definition) is 4. The highest BCUT2D eigenvalue weighted by atomic mass is 16.4. The maximum atomic E-state index is 11.8. The van der Waals surface area contributed by atoms with Gasteiger partial charge >= 0.3 is 5.97 Å². The third-order valence-corrected chi connectivity index (χ3v) is 9.99. The Morgan fingerprint density at radius 1 is 1.00 bits per heavy atom. The Hall–Kier alpha value is -2.96. The standard InChI is InChI=1S/C34H44N4O2/c1-2-38-32(21-30(35-38)20-26-10-5-3-6-11-26)28-14-18-36(19-15-28)23-29-24-37(34(16-9-17-34)22-33(39)40)25-31(29)27-12-7-4-8-13-27/h3-8,10-13,21,28-29,31H,2,9,14-20,22-25H2,1H3,(H,39,40)/t29-,31+/m0/s1. The quantitative estimate of drug-likeness (QED) is 0.353. The zero-order valence-corrected chi connectivity index (χ0v) is 23.9. The van der Waals surface area contributed by atoms with Crippen LogP contribution in [0, 0.1) is 5.92 Å². The van der Waals surface area contributed by atoms with E-state index in [0.29, 0.717) is 17.8 Å². The van der Waals surface area contributed by atoms with E-state index in [1.54, 1.807) is 0 Å². The molecule has 1 N–H and O–H groups in total. The second kappa shape index (κ2) is 11.9. The molecule has 40 heavy (non-hydrogen) atoms. The highest BCUT2D eigenvalue weighted by Gasteiger charge is 2.49. The van der Waals surface area contributed by atoms with Crippen LogP contribution in [0.1, 0.15) is 79.8 Å². The SMILES string of the molecule is CCn1nc(Cc2ccccc2)cc1C1CCN(C[C@H]2CN(C3(CC(=O)O)CCC3)C[C@@H]2c2ccccc2)CC1. The second-order valence-electron chi connectivity index (χ2n) is 12.4. The summed E-state index contributed by atoms with van der Waals surface area (Å²) < 4.78 is 2.24. The second-order valence-corrected chi connectivity index (χ2v) is 12.4. The monoisotopic (exact) mass is 540 g/mol. The molecule has 0 spiro atoms. The molecule has 0 unspecified atom stereocenters. The van der Waals surface area contributed by atoms with Gasteiger partial charge in [0.15, 0.2) is 0 Å². The number of nitrogens with zero attached hydrogens (tertiary/aromatic N) is 4. The van der Waals surface area contributed by atoms with Crippen LogP contribution >= 0.6 is 0 Å². The van der Waals surface area contributed by atoms with E-state index in [0.717, 1.165) is 65.0 Å². The number of aromatic nitrogens is 2. The van der Waals surface area contributed by atoms with Crippen LogP contribution in [0.2, 0.25) is 0 Å². The first kappa shape index (κ1) is 27.2. The Balaban J connectivity index is 1.11. The number of piperidine rings is 1. The zero-order chi connectivity index (χ0) is 27.5. The fourth-order valence-electron chi connectivity index (χ4n) is 7.70. The smallest absolute Gasteiger partial charge is 0.305 e. The van der Waals surface area contributed by atoms with Gasteiger partial charge in [0, 0.05) is 55.7 Å². The molecule has 3 aliphatic rings. The van der Waals surface area contributed by atoms with Gasteiger partial charge in [0.2, 0.25) is 0 Å². The van der Waals surface area contributed by atoms with Crippen molar-refractivity contribution >= 4 is 5.97 Å². The minimum atomic E-state index is -0.653. The van der Waals surface area contributed by atoms with Crippen molar-refractivity contribution < 1.29 is 9.90 Å². The molecule has 6 nitrogen and oxygen atoms in total. The van der Waals surface area contributed by atoms with Gasteiger partial charge < -0.3 is 10.0 Å². The highest BCUT2D eigenvalue weighted by molar-refractivity contribution is 5.68. The fraction of sp³-hybridized carbons (Fsp3) is 0.529. The lowest BCUT2D eigenvalue weighted by Crippen LogP contribution is -2.54. The Kier molecular flexibility index (Phi) is 8.08. The number of aliphatic carboxylic acids is 1. The number of rotatable bonds is 10. The van der Waals surface area contributed by atoms with E-state index in [-0.39, 0.29) is 12.0 Å². The lowest BCUT2D eigenvalue weighted by Gasteiger charge is -2.48. The van der Waals surface area contributed by atoms with Crippen molar-refractivity contribution in [3.8, 4) is 0 Å². The molecule has 2 saturated heterocycles. The molecule has 3 heterocycles. The lowest BCUT2D eigenvalue weighted by atomic mass is 9.73. The molecule has 0 amide bonds. The van der Waals surface area contributed by atoms with Crippen LogP contribution in [0.25, 0.3) is 0 Å². The van der Waals surface area contributed by atoms with E-state index < -0.39 is 5.97 Å². The van der Waals surface area contributed by atoms with Crippen molar-refractivity contribution in [1.29, 1.82) is 0 Å². The number of hydrogen-bond donors (Lipinski definition) is 1. The summed E-state index contributed by atoms with van der Waals surface area (Å²) in [5, 5.41) is 14.6. The summed E-state index contributed by atoms with van der Waals surface area (Å²) in [6.07, 6.45) is 6.72. The van der Waals surface area contributed by atoms with Crippen LogP contribution in [-0.2, 0) is 17.8 Å². The predicted molar refractivity (Wildman–Crippen MR) is 159 cm³/mol. The summed E-state index contributed by atoms with van der Waals surface area (Å²) in [5.74, 6) is 0.905. The van der Waals surface area contributed by atoms with Crippen molar-refractivity contribution in [2.75, 3.05) is 32.7 Å². The van der Waals surface area contributed by atoms with Crippen LogP contribution in [0.5, 0.6) is 0 Å². The molecule has 3 aromatic rings. The minimum absolute atomic E-state index is 0.128. The number of carboxylic acid groups (broad SMARTS) is 1. The van der Waals surface area contributed by atoms with Crippen LogP contribution in [0.15, 0.2) is 66.7 Å².